The first-order chi connectivity index (χ1) is 19.2. The zero-order chi connectivity index (χ0) is 28.6. The second kappa shape index (κ2) is 12.8. The molecule has 1 aliphatic carbocycles. The number of para-hydroxylation sites is 1. The molecule has 214 valence electrons. The highest BCUT2D eigenvalue weighted by Crippen LogP contribution is 2.32. The molecule has 12 heteroatoms. The van der Waals surface area contributed by atoms with Crippen LogP contribution in [0.1, 0.15) is 56.1 Å². The minimum atomic E-state index is -4.83. The van der Waals surface area contributed by atoms with Crippen molar-refractivity contribution in [2.75, 3.05) is 29.5 Å². The topological polar surface area (TPSA) is 113 Å². The standard InChI is InChI=1S/C28H34F3N7O2/c1-19(20-11-5-3-6-12-20)17-34-25-35-24(32-2)36-26(37-25)38-27(15-9-4-10-16-27)23(39)33-18-21-13-7-8-14-22(21)40-28(29,30)31/h3,5-8,11-14,19H,4,9-10,15-18H2,1-2H3,(H,33,39)(H3,32,34,35,36,37,38)/t19-/m0/s1. The van der Waals surface area contributed by atoms with E-state index in [-0.39, 0.29) is 35.6 Å². The van der Waals surface area contributed by atoms with Gasteiger partial charge in [0, 0.05) is 25.7 Å². The van der Waals surface area contributed by atoms with Gasteiger partial charge in [0.05, 0.1) is 0 Å². The smallest absolute Gasteiger partial charge is 0.405 e. The van der Waals surface area contributed by atoms with E-state index in [4.69, 9.17) is 0 Å². The molecule has 0 bridgehead atoms. The molecule has 1 heterocycles. The SMILES string of the molecule is CNc1nc(NC[C@H](C)c2ccccc2)nc(NC2(C(=O)NCc3ccccc3OC(F)(F)F)CCCCC2)n1. The first-order valence-corrected chi connectivity index (χ1v) is 13.3. The van der Waals surface area contributed by atoms with E-state index < -0.39 is 11.9 Å². The van der Waals surface area contributed by atoms with Crippen LogP contribution in [0.3, 0.4) is 0 Å². The molecule has 0 saturated heterocycles. The summed E-state index contributed by atoms with van der Waals surface area (Å²) >= 11 is 0. The van der Waals surface area contributed by atoms with Crippen LogP contribution >= 0.6 is 0 Å². The molecule has 2 aromatic carbocycles. The minimum absolute atomic E-state index is 0.127. The summed E-state index contributed by atoms with van der Waals surface area (Å²) in [6, 6.07) is 15.8. The van der Waals surface area contributed by atoms with E-state index in [9.17, 15) is 18.0 Å². The van der Waals surface area contributed by atoms with Crippen LogP contribution in [0, 0.1) is 0 Å². The van der Waals surface area contributed by atoms with Crippen molar-refractivity contribution < 1.29 is 22.7 Å². The van der Waals surface area contributed by atoms with Crippen LogP contribution in [0.2, 0.25) is 0 Å². The van der Waals surface area contributed by atoms with Crippen molar-refractivity contribution in [3.8, 4) is 5.75 Å². The Bertz CT molecular complexity index is 1270. The van der Waals surface area contributed by atoms with Gasteiger partial charge in [0.25, 0.3) is 0 Å². The predicted octanol–water partition coefficient (Wildman–Crippen LogP) is 5.46. The molecule has 0 radical (unpaired) electrons. The Morgan fingerprint density at radius 2 is 1.60 bits per heavy atom. The van der Waals surface area contributed by atoms with Crippen molar-refractivity contribution in [3.05, 3.63) is 65.7 Å². The average molecular weight is 558 g/mol. The van der Waals surface area contributed by atoms with Crippen molar-refractivity contribution in [1.29, 1.82) is 0 Å². The Morgan fingerprint density at radius 1 is 0.950 bits per heavy atom. The summed E-state index contributed by atoms with van der Waals surface area (Å²) in [5.74, 6) is 0.426. The molecule has 9 nitrogen and oxygen atoms in total. The summed E-state index contributed by atoms with van der Waals surface area (Å²) in [5, 5.41) is 12.2. The molecule has 0 spiro atoms. The van der Waals surface area contributed by atoms with Gasteiger partial charge < -0.3 is 26.0 Å². The molecular formula is C28H34F3N7O2. The van der Waals surface area contributed by atoms with Crippen LogP contribution in [0.15, 0.2) is 54.6 Å². The highest BCUT2D eigenvalue weighted by molar-refractivity contribution is 5.89. The Labute approximate surface area is 231 Å². The van der Waals surface area contributed by atoms with Gasteiger partial charge in [0.2, 0.25) is 23.8 Å². The molecule has 1 aliphatic rings. The van der Waals surface area contributed by atoms with Gasteiger partial charge in [-0.25, -0.2) is 0 Å². The number of halogens is 3. The van der Waals surface area contributed by atoms with Crippen LogP contribution in [-0.4, -0.2) is 46.4 Å². The summed E-state index contributed by atoms with van der Waals surface area (Å²) in [6.45, 7) is 2.56. The highest BCUT2D eigenvalue weighted by Gasteiger charge is 2.40. The summed E-state index contributed by atoms with van der Waals surface area (Å²) in [4.78, 5) is 26.9. The molecule has 40 heavy (non-hydrogen) atoms. The zero-order valence-electron chi connectivity index (χ0n) is 22.5. The van der Waals surface area contributed by atoms with Crippen LogP contribution in [0.4, 0.5) is 31.0 Å². The number of nitrogens with one attached hydrogen (secondary N) is 4. The molecule has 1 atom stereocenters. The van der Waals surface area contributed by atoms with Crippen LogP contribution in [0.5, 0.6) is 5.75 Å². The lowest BCUT2D eigenvalue weighted by Gasteiger charge is -2.36. The molecule has 1 saturated carbocycles. The van der Waals surface area contributed by atoms with E-state index >= 15 is 0 Å². The number of benzene rings is 2. The first-order valence-electron chi connectivity index (χ1n) is 13.3. The van der Waals surface area contributed by atoms with Gasteiger partial charge in [-0.1, -0.05) is 74.7 Å². The number of carbonyl (C=O) groups excluding carboxylic acids is 1. The molecule has 1 fully saturated rings. The lowest BCUT2D eigenvalue weighted by atomic mass is 9.81. The number of carbonyl (C=O) groups is 1. The number of hydrogen-bond acceptors (Lipinski definition) is 8. The van der Waals surface area contributed by atoms with Gasteiger partial charge in [0.15, 0.2) is 0 Å². The zero-order valence-corrected chi connectivity index (χ0v) is 22.5. The average Bonchev–Trinajstić information content (AvgIpc) is 2.95. The van der Waals surface area contributed by atoms with E-state index in [0.29, 0.717) is 31.3 Å². The number of hydrogen-bond donors (Lipinski definition) is 4. The van der Waals surface area contributed by atoms with E-state index in [1.54, 1.807) is 13.1 Å². The number of anilines is 3. The highest BCUT2D eigenvalue weighted by atomic mass is 19.4. The maximum absolute atomic E-state index is 13.6. The fraction of sp³-hybridized carbons (Fsp3) is 0.429. The number of aromatic nitrogens is 3. The first kappa shape index (κ1) is 28.9. The van der Waals surface area contributed by atoms with Crippen LogP contribution in [0.25, 0.3) is 0 Å². The molecule has 4 rings (SSSR count). The van der Waals surface area contributed by atoms with Crippen molar-refractivity contribution in [3.63, 3.8) is 0 Å². The number of nitrogens with zero attached hydrogens (tertiary/aromatic N) is 3. The molecule has 1 amide bonds. The van der Waals surface area contributed by atoms with Gasteiger partial charge in [-0.2, -0.15) is 15.0 Å². The molecule has 1 aromatic heterocycles. The van der Waals surface area contributed by atoms with Crippen molar-refractivity contribution in [2.24, 2.45) is 0 Å². The number of amides is 1. The lowest BCUT2D eigenvalue weighted by Crippen LogP contribution is -2.53. The van der Waals surface area contributed by atoms with Gasteiger partial charge in [-0.05, 0) is 30.4 Å². The quantitative estimate of drug-likeness (QED) is 0.246. The van der Waals surface area contributed by atoms with E-state index in [2.05, 4.69) is 60.0 Å². The van der Waals surface area contributed by atoms with Gasteiger partial charge in [-0.15, -0.1) is 13.2 Å². The molecular weight excluding hydrogens is 523 g/mol. The molecule has 4 N–H and O–H groups in total. The van der Waals surface area contributed by atoms with Crippen LogP contribution < -0.4 is 26.0 Å². The van der Waals surface area contributed by atoms with E-state index in [1.165, 1.54) is 23.8 Å². The largest absolute Gasteiger partial charge is 0.573 e. The third-order valence-electron chi connectivity index (χ3n) is 6.92. The molecule has 0 aliphatic heterocycles. The number of rotatable bonds is 11. The lowest BCUT2D eigenvalue weighted by molar-refractivity contribution is -0.274. The van der Waals surface area contributed by atoms with Gasteiger partial charge >= 0.3 is 6.36 Å². The third-order valence-corrected chi connectivity index (χ3v) is 6.92. The van der Waals surface area contributed by atoms with Crippen molar-refractivity contribution in [1.82, 2.24) is 20.3 Å². The third kappa shape index (κ3) is 7.73. The fourth-order valence-electron chi connectivity index (χ4n) is 4.76. The van der Waals surface area contributed by atoms with Gasteiger partial charge in [0.1, 0.15) is 11.3 Å². The fourth-order valence-corrected chi connectivity index (χ4v) is 4.76. The Balaban J connectivity index is 1.49. The van der Waals surface area contributed by atoms with E-state index in [1.807, 2.05) is 18.2 Å². The number of ether oxygens (including phenoxy) is 1. The van der Waals surface area contributed by atoms with Crippen molar-refractivity contribution in [2.45, 2.75) is 63.4 Å². The van der Waals surface area contributed by atoms with Gasteiger partial charge in [-0.3, -0.25) is 4.79 Å². The Kier molecular flexibility index (Phi) is 9.28. The normalized spacial score (nSPS) is 15.5. The maximum Gasteiger partial charge on any atom is 0.573 e. The monoisotopic (exact) mass is 557 g/mol. The Hall–Kier alpha value is -4.09. The van der Waals surface area contributed by atoms with E-state index in [0.717, 1.165) is 19.3 Å². The maximum atomic E-state index is 13.6. The summed E-state index contributed by atoms with van der Waals surface area (Å²) < 4.78 is 42.7. The summed E-state index contributed by atoms with van der Waals surface area (Å²) in [7, 11) is 1.69. The second-order valence-electron chi connectivity index (χ2n) is 9.85. The molecule has 0 unspecified atom stereocenters. The van der Waals surface area contributed by atoms with Crippen LogP contribution in [-0.2, 0) is 11.3 Å². The predicted molar refractivity (Wildman–Crippen MR) is 147 cm³/mol. The molecule has 3 aromatic rings. The minimum Gasteiger partial charge on any atom is -0.405 e. The Morgan fingerprint density at radius 3 is 2.30 bits per heavy atom. The summed E-state index contributed by atoms with van der Waals surface area (Å²) in [6.07, 6.45) is -1.21. The van der Waals surface area contributed by atoms with Crippen molar-refractivity contribution >= 4 is 23.8 Å². The number of alkyl halides is 3. The summed E-state index contributed by atoms with van der Waals surface area (Å²) in [5.41, 5.74) is 0.367. The second-order valence-corrected chi connectivity index (χ2v) is 9.85.